The van der Waals surface area contributed by atoms with Gasteiger partial charge in [-0.1, -0.05) is 40.0 Å². The van der Waals surface area contributed by atoms with E-state index in [0.717, 1.165) is 21.5 Å². The molecule has 1 atom stereocenters. The largest absolute Gasteiger partial charge is 0.481 e. The molecule has 1 heterocycles. The Balaban J connectivity index is 1.49. The van der Waals surface area contributed by atoms with E-state index in [1.165, 1.54) is 0 Å². The third-order valence-electron chi connectivity index (χ3n) is 4.60. The van der Waals surface area contributed by atoms with Crippen molar-refractivity contribution in [3.8, 4) is 18.1 Å². The van der Waals surface area contributed by atoms with Crippen molar-refractivity contribution in [3.63, 3.8) is 0 Å². The molecule has 1 unspecified atom stereocenters. The smallest absolute Gasteiger partial charge is 0.239 e. The van der Waals surface area contributed by atoms with Crippen LogP contribution in [0.3, 0.4) is 0 Å². The molecule has 2 amide bonds. The lowest BCUT2D eigenvalue weighted by Gasteiger charge is -2.17. The summed E-state index contributed by atoms with van der Waals surface area (Å²) in [6, 6.07) is 15.1. The highest BCUT2D eigenvalue weighted by Gasteiger charge is 2.37. The first-order valence-corrected chi connectivity index (χ1v) is 9.87. The van der Waals surface area contributed by atoms with E-state index in [1.807, 2.05) is 48.5 Å². The van der Waals surface area contributed by atoms with Crippen LogP contribution in [0.5, 0.6) is 5.75 Å². The van der Waals surface area contributed by atoms with Crippen LogP contribution in [-0.4, -0.2) is 31.5 Å². The normalized spacial score (nSPS) is 15.9. The van der Waals surface area contributed by atoms with Gasteiger partial charge in [0.2, 0.25) is 11.8 Å². The summed E-state index contributed by atoms with van der Waals surface area (Å²) in [5.74, 6) is 2.15. The molecule has 0 aliphatic carbocycles. The number of nitrogens with one attached hydrogen (secondary N) is 1. The maximum atomic E-state index is 12.6. The third kappa shape index (κ3) is 4.93. The Morgan fingerprint density at radius 2 is 2.07 bits per heavy atom. The van der Waals surface area contributed by atoms with Crippen molar-refractivity contribution < 1.29 is 14.3 Å². The van der Waals surface area contributed by atoms with Gasteiger partial charge in [-0.05, 0) is 48.7 Å². The quantitative estimate of drug-likeness (QED) is 0.531. The van der Waals surface area contributed by atoms with Crippen LogP contribution in [-0.2, 0) is 16.0 Å². The Hall–Kier alpha value is -2.78. The standard InChI is InChI=1S/C22H21BrN2O3/c1-2-14-28-19-8-6-16(7-9-19)10-12-24-21(26)20-11-13-25(22(20)27)18-5-3-4-17(23)15-18/h1,3-9,15,20H,10-14H2,(H,24,26). The van der Waals surface area contributed by atoms with Crippen molar-refractivity contribution in [1.29, 1.82) is 0 Å². The zero-order valence-corrected chi connectivity index (χ0v) is 16.9. The van der Waals surface area contributed by atoms with Gasteiger partial charge in [0.15, 0.2) is 0 Å². The van der Waals surface area contributed by atoms with Crippen molar-refractivity contribution >= 4 is 33.4 Å². The van der Waals surface area contributed by atoms with Gasteiger partial charge in [0, 0.05) is 23.2 Å². The van der Waals surface area contributed by atoms with Crippen molar-refractivity contribution in [2.24, 2.45) is 5.92 Å². The van der Waals surface area contributed by atoms with Gasteiger partial charge in [-0.2, -0.15) is 0 Å². The number of rotatable bonds is 7. The van der Waals surface area contributed by atoms with Crippen LogP contribution >= 0.6 is 15.9 Å². The minimum atomic E-state index is -0.626. The third-order valence-corrected chi connectivity index (χ3v) is 5.09. The number of hydrogen-bond acceptors (Lipinski definition) is 3. The molecule has 144 valence electrons. The van der Waals surface area contributed by atoms with E-state index in [2.05, 4.69) is 27.2 Å². The number of ether oxygens (including phenoxy) is 1. The molecule has 0 radical (unpaired) electrons. The Morgan fingerprint density at radius 3 is 2.79 bits per heavy atom. The van der Waals surface area contributed by atoms with Crippen LogP contribution in [0.2, 0.25) is 0 Å². The molecule has 6 heteroatoms. The highest BCUT2D eigenvalue weighted by Crippen LogP contribution is 2.27. The number of carbonyl (C=O) groups is 2. The summed E-state index contributed by atoms with van der Waals surface area (Å²) in [5.41, 5.74) is 1.88. The highest BCUT2D eigenvalue weighted by atomic mass is 79.9. The minimum absolute atomic E-state index is 0.148. The zero-order chi connectivity index (χ0) is 19.9. The molecule has 0 bridgehead atoms. The van der Waals surface area contributed by atoms with E-state index >= 15 is 0 Å². The molecule has 3 rings (SSSR count). The lowest BCUT2D eigenvalue weighted by molar-refractivity contribution is -0.132. The van der Waals surface area contributed by atoms with Crippen LogP contribution in [0, 0.1) is 18.3 Å². The lowest BCUT2D eigenvalue weighted by atomic mass is 10.1. The lowest BCUT2D eigenvalue weighted by Crippen LogP contribution is -2.37. The molecular formula is C22H21BrN2O3. The van der Waals surface area contributed by atoms with Gasteiger partial charge in [0.25, 0.3) is 0 Å². The summed E-state index contributed by atoms with van der Waals surface area (Å²) in [7, 11) is 0. The van der Waals surface area contributed by atoms with Crippen LogP contribution in [0.4, 0.5) is 5.69 Å². The van der Waals surface area contributed by atoms with Gasteiger partial charge in [-0.25, -0.2) is 0 Å². The summed E-state index contributed by atoms with van der Waals surface area (Å²) in [4.78, 5) is 26.8. The number of amides is 2. The van der Waals surface area contributed by atoms with Crippen molar-refractivity contribution in [2.45, 2.75) is 12.8 Å². The number of hydrogen-bond donors (Lipinski definition) is 1. The van der Waals surface area contributed by atoms with E-state index in [4.69, 9.17) is 11.2 Å². The first kappa shape index (κ1) is 20.0. The second-order valence-electron chi connectivity index (χ2n) is 6.49. The van der Waals surface area contributed by atoms with Crippen LogP contribution < -0.4 is 15.0 Å². The SMILES string of the molecule is C#CCOc1ccc(CCNC(=O)C2CCN(c3cccc(Br)c3)C2=O)cc1. The van der Waals surface area contributed by atoms with Crippen LogP contribution in [0.1, 0.15) is 12.0 Å². The molecule has 0 spiro atoms. The monoisotopic (exact) mass is 440 g/mol. The van der Waals surface area contributed by atoms with Crippen LogP contribution in [0.15, 0.2) is 53.0 Å². The van der Waals surface area contributed by atoms with E-state index in [-0.39, 0.29) is 18.4 Å². The van der Waals surface area contributed by atoms with Gasteiger partial charge in [0.05, 0.1) is 0 Å². The Kier molecular flexibility index (Phi) is 6.72. The fraction of sp³-hybridized carbons (Fsp3) is 0.273. The predicted octanol–water partition coefficient (Wildman–Crippen LogP) is 3.17. The molecule has 1 saturated heterocycles. The summed E-state index contributed by atoms with van der Waals surface area (Å²) < 4.78 is 6.24. The van der Waals surface area contributed by atoms with Crippen LogP contribution in [0.25, 0.3) is 0 Å². The van der Waals surface area contributed by atoms with Gasteiger partial charge in [-0.15, -0.1) is 6.42 Å². The molecule has 5 nitrogen and oxygen atoms in total. The predicted molar refractivity (Wildman–Crippen MR) is 112 cm³/mol. The van der Waals surface area contributed by atoms with Crippen molar-refractivity contribution in [2.75, 3.05) is 24.6 Å². The maximum absolute atomic E-state index is 12.6. The summed E-state index contributed by atoms with van der Waals surface area (Å²) in [6.45, 7) is 1.26. The molecule has 0 aromatic heterocycles. The number of anilines is 1. The molecule has 28 heavy (non-hydrogen) atoms. The van der Waals surface area contributed by atoms with Gasteiger partial charge >= 0.3 is 0 Å². The summed E-state index contributed by atoms with van der Waals surface area (Å²) >= 11 is 3.41. The van der Waals surface area contributed by atoms with Gasteiger partial charge < -0.3 is 15.0 Å². The van der Waals surface area contributed by atoms with Gasteiger partial charge in [-0.3, -0.25) is 9.59 Å². The number of carbonyl (C=O) groups excluding carboxylic acids is 2. The second-order valence-corrected chi connectivity index (χ2v) is 7.40. The molecule has 1 fully saturated rings. The first-order chi connectivity index (χ1) is 13.6. The maximum Gasteiger partial charge on any atom is 0.239 e. The second kappa shape index (κ2) is 9.43. The molecular weight excluding hydrogens is 420 g/mol. The van der Waals surface area contributed by atoms with Crippen molar-refractivity contribution in [1.82, 2.24) is 5.32 Å². The molecule has 1 N–H and O–H groups in total. The van der Waals surface area contributed by atoms with E-state index < -0.39 is 5.92 Å². The molecule has 1 aliphatic rings. The minimum Gasteiger partial charge on any atom is -0.481 e. The molecule has 2 aromatic rings. The number of nitrogens with zero attached hydrogens (tertiary/aromatic N) is 1. The Bertz CT molecular complexity index is 889. The fourth-order valence-electron chi connectivity index (χ4n) is 3.15. The topological polar surface area (TPSA) is 58.6 Å². The fourth-order valence-corrected chi connectivity index (χ4v) is 3.54. The molecule has 2 aromatic carbocycles. The summed E-state index contributed by atoms with van der Waals surface area (Å²) in [5, 5.41) is 2.88. The summed E-state index contributed by atoms with van der Waals surface area (Å²) in [6.07, 6.45) is 6.37. The molecule has 0 saturated carbocycles. The number of halogens is 1. The number of terminal acetylenes is 1. The van der Waals surface area contributed by atoms with E-state index in [9.17, 15) is 9.59 Å². The van der Waals surface area contributed by atoms with Gasteiger partial charge in [0.1, 0.15) is 18.3 Å². The number of benzene rings is 2. The average molecular weight is 441 g/mol. The zero-order valence-electron chi connectivity index (χ0n) is 15.4. The molecule has 1 aliphatic heterocycles. The van der Waals surface area contributed by atoms with E-state index in [0.29, 0.717) is 25.9 Å². The van der Waals surface area contributed by atoms with Crippen molar-refractivity contribution in [3.05, 3.63) is 58.6 Å². The van der Waals surface area contributed by atoms with E-state index in [1.54, 1.807) is 4.90 Å². The first-order valence-electron chi connectivity index (χ1n) is 9.08. The average Bonchev–Trinajstić information content (AvgIpc) is 3.09. The highest BCUT2D eigenvalue weighted by molar-refractivity contribution is 9.10. The Labute approximate surface area is 173 Å². The Morgan fingerprint density at radius 1 is 1.29 bits per heavy atom.